The highest BCUT2D eigenvalue weighted by atomic mass is 32.2. The summed E-state index contributed by atoms with van der Waals surface area (Å²) < 4.78 is 35.6. The van der Waals surface area contributed by atoms with E-state index in [1.165, 1.54) is 18.2 Å². The molecule has 1 heterocycles. The van der Waals surface area contributed by atoms with Gasteiger partial charge in [0.15, 0.2) is 0 Å². The molecule has 2 N–H and O–H groups in total. The Kier molecular flexibility index (Phi) is 5.04. The number of ether oxygens (including phenoxy) is 1. The van der Waals surface area contributed by atoms with E-state index in [0.717, 1.165) is 5.56 Å². The molecule has 0 bridgehead atoms. The van der Waals surface area contributed by atoms with E-state index < -0.39 is 15.8 Å². The van der Waals surface area contributed by atoms with Gasteiger partial charge in [0.1, 0.15) is 0 Å². The molecular formula is C21H22N2O5S. The van der Waals surface area contributed by atoms with Crippen LogP contribution in [0.25, 0.3) is 0 Å². The molecule has 2 aromatic rings. The molecule has 8 heteroatoms. The largest absolute Gasteiger partial charge is 0.395 e. The summed E-state index contributed by atoms with van der Waals surface area (Å²) in [7, 11) is -3.95. The van der Waals surface area contributed by atoms with Crippen LogP contribution in [0.2, 0.25) is 0 Å². The predicted molar refractivity (Wildman–Crippen MR) is 108 cm³/mol. The van der Waals surface area contributed by atoms with E-state index in [2.05, 4.69) is 4.40 Å². The molecule has 2 aliphatic rings. The normalized spacial score (nSPS) is 22.8. The highest BCUT2D eigenvalue weighted by Crippen LogP contribution is 2.41. The van der Waals surface area contributed by atoms with Gasteiger partial charge in [0.2, 0.25) is 5.79 Å². The number of hydrogen-bond acceptors (Lipinski definition) is 6. The molecular weight excluding hydrogens is 392 g/mol. The van der Waals surface area contributed by atoms with Crippen molar-refractivity contribution in [3.8, 4) is 0 Å². The van der Waals surface area contributed by atoms with Gasteiger partial charge < -0.3 is 19.8 Å². The van der Waals surface area contributed by atoms with Gasteiger partial charge in [-0.05, 0) is 25.1 Å². The average molecular weight is 414 g/mol. The lowest BCUT2D eigenvalue weighted by Gasteiger charge is -2.45. The lowest BCUT2D eigenvalue weighted by atomic mass is 9.86. The lowest BCUT2D eigenvalue weighted by Crippen LogP contribution is -2.50. The van der Waals surface area contributed by atoms with Gasteiger partial charge in [0, 0.05) is 24.2 Å². The Balaban J connectivity index is 1.88. The summed E-state index contributed by atoms with van der Waals surface area (Å²) >= 11 is 0. The number of rotatable bonds is 4. The molecule has 0 unspecified atom stereocenters. The number of aliphatic hydroxyl groups excluding tert-OH is 1. The first-order chi connectivity index (χ1) is 13.8. The van der Waals surface area contributed by atoms with Crippen LogP contribution in [0.3, 0.4) is 0 Å². The highest BCUT2D eigenvalue weighted by molar-refractivity contribution is 7.90. The standard InChI is InChI=1S/C21H22N2O5S/c1-15-6-8-16(9-7-15)29(26,27)22-19-14-20-21(25,18-5-3-2-4-17(18)19)28-13-11-23(20)10-12-24/h2-9,14,24-25H,10-13H2,1H3/t21-/m1/s1. The third kappa shape index (κ3) is 3.49. The summed E-state index contributed by atoms with van der Waals surface area (Å²) in [5, 5.41) is 20.7. The number of morpholine rings is 1. The second-order valence-corrected chi connectivity index (χ2v) is 8.65. The van der Waals surface area contributed by atoms with E-state index >= 15 is 0 Å². The van der Waals surface area contributed by atoms with Gasteiger partial charge in [-0.25, -0.2) is 0 Å². The second kappa shape index (κ2) is 7.38. The molecule has 0 radical (unpaired) electrons. The predicted octanol–water partition coefficient (Wildman–Crippen LogP) is 1.54. The summed E-state index contributed by atoms with van der Waals surface area (Å²) in [4.78, 5) is 1.88. The molecule has 0 saturated carbocycles. The molecule has 2 aromatic carbocycles. The van der Waals surface area contributed by atoms with E-state index in [4.69, 9.17) is 4.74 Å². The number of benzene rings is 2. The molecule has 1 saturated heterocycles. The van der Waals surface area contributed by atoms with Crippen LogP contribution in [-0.2, 0) is 20.5 Å². The van der Waals surface area contributed by atoms with Crippen LogP contribution in [0, 0.1) is 6.92 Å². The van der Waals surface area contributed by atoms with Crippen molar-refractivity contribution in [2.24, 2.45) is 4.40 Å². The first-order valence-corrected chi connectivity index (χ1v) is 10.7. The number of fused-ring (bicyclic) bond motifs is 3. The summed E-state index contributed by atoms with van der Waals surface area (Å²) in [6.45, 7) is 2.80. The molecule has 152 valence electrons. The molecule has 0 amide bonds. The van der Waals surface area contributed by atoms with E-state index in [0.29, 0.717) is 23.4 Å². The van der Waals surface area contributed by atoms with E-state index in [9.17, 15) is 18.6 Å². The number of allylic oxidation sites excluding steroid dienone is 1. The maximum absolute atomic E-state index is 12.9. The zero-order chi connectivity index (χ0) is 20.6. The van der Waals surface area contributed by atoms with Crippen LogP contribution >= 0.6 is 0 Å². The number of hydrogen-bond donors (Lipinski definition) is 2. The van der Waals surface area contributed by atoms with Crippen molar-refractivity contribution in [3.05, 3.63) is 77.0 Å². The fourth-order valence-corrected chi connectivity index (χ4v) is 4.64. The van der Waals surface area contributed by atoms with Gasteiger partial charge in [-0.1, -0.05) is 42.0 Å². The number of sulfonamides is 1. The van der Waals surface area contributed by atoms with Crippen molar-refractivity contribution in [1.29, 1.82) is 0 Å². The second-order valence-electron chi connectivity index (χ2n) is 7.04. The summed E-state index contributed by atoms with van der Waals surface area (Å²) in [5.74, 6) is -1.71. The fraction of sp³-hybridized carbons (Fsp3) is 0.286. The minimum Gasteiger partial charge on any atom is -0.395 e. The molecule has 7 nitrogen and oxygen atoms in total. The van der Waals surface area contributed by atoms with E-state index in [1.807, 2.05) is 6.92 Å². The van der Waals surface area contributed by atoms with Crippen LogP contribution in [0.4, 0.5) is 0 Å². The maximum Gasteiger partial charge on any atom is 0.282 e. The summed E-state index contributed by atoms with van der Waals surface area (Å²) in [5.41, 5.74) is 2.45. The van der Waals surface area contributed by atoms with Crippen molar-refractivity contribution in [3.63, 3.8) is 0 Å². The molecule has 1 fully saturated rings. The van der Waals surface area contributed by atoms with Gasteiger partial charge in [-0.2, -0.15) is 12.8 Å². The van der Waals surface area contributed by atoms with Crippen LogP contribution in [-0.4, -0.2) is 55.5 Å². The van der Waals surface area contributed by atoms with Gasteiger partial charge in [0.05, 0.1) is 29.5 Å². The Bertz CT molecular complexity index is 1090. The summed E-state index contributed by atoms with van der Waals surface area (Å²) in [6, 6.07) is 13.4. The zero-order valence-corrected chi connectivity index (χ0v) is 16.8. The SMILES string of the molecule is Cc1ccc(S(=O)(=O)N=C2C=C3N(CCO)CCO[C@]3(O)c3ccccc32)cc1. The maximum atomic E-state index is 12.9. The van der Waals surface area contributed by atoms with Gasteiger partial charge >= 0.3 is 0 Å². The van der Waals surface area contributed by atoms with Crippen molar-refractivity contribution in [2.75, 3.05) is 26.3 Å². The highest BCUT2D eigenvalue weighted by Gasteiger charge is 2.46. The smallest absolute Gasteiger partial charge is 0.282 e. The van der Waals surface area contributed by atoms with E-state index in [1.54, 1.807) is 41.3 Å². The Morgan fingerprint density at radius 2 is 1.90 bits per heavy atom. The third-order valence-electron chi connectivity index (χ3n) is 5.11. The molecule has 1 aliphatic heterocycles. The lowest BCUT2D eigenvalue weighted by molar-refractivity contribution is -0.219. The average Bonchev–Trinajstić information content (AvgIpc) is 2.70. The molecule has 1 aliphatic carbocycles. The van der Waals surface area contributed by atoms with Crippen LogP contribution < -0.4 is 0 Å². The minimum atomic E-state index is -3.95. The summed E-state index contributed by atoms with van der Waals surface area (Å²) in [6.07, 6.45) is 1.53. The number of aliphatic hydroxyl groups is 2. The number of aryl methyl sites for hydroxylation is 1. The van der Waals surface area contributed by atoms with Crippen LogP contribution in [0.1, 0.15) is 16.7 Å². The Hall–Kier alpha value is -2.52. The topological polar surface area (TPSA) is 99.4 Å². The Morgan fingerprint density at radius 3 is 2.62 bits per heavy atom. The third-order valence-corrected chi connectivity index (χ3v) is 6.41. The van der Waals surface area contributed by atoms with Crippen molar-refractivity contribution in [2.45, 2.75) is 17.6 Å². The quantitative estimate of drug-likeness (QED) is 0.787. The Morgan fingerprint density at radius 1 is 1.17 bits per heavy atom. The van der Waals surface area contributed by atoms with Crippen molar-refractivity contribution in [1.82, 2.24) is 4.90 Å². The van der Waals surface area contributed by atoms with Crippen LogP contribution in [0.15, 0.2) is 69.6 Å². The number of nitrogens with zero attached hydrogens (tertiary/aromatic N) is 2. The first-order valence-electron chi connectivity index (χ1n) is 9.31. The minimum absolute atomic E-state index is 0.0967. The Labute approximate surface area is 169 Å². The van der Waals surface area contributed by atoms with Gasteiger partial charge in [-0.3, -0.25) is 0 Å². The molecule has 4 rings (SSSR count). The van der Waals surface area contributed by atoms with Crippen molar-refractivity contribution >= 4 is 15.7 Å². The van der Waals surface area contributed by atoms with Crippen molar-refractivity contribution < 1.29 is 23.4 Å². The fourth-order valence-electron chi connectivity index (χ4n) is 3.65. The van der Waals surface area contributed by atoms with E-state index in [-0.39, 0.29) is 30.4 Å². The first kappa shape index (κ1) is 19.8. The molecule has 1 atom stereocenters. The van der Waals surface area contributed by atoms with Gasteiger partial charge in [0.25, 0.3) is 10.0 Å². The zero-order valence-electron chi connectivity index (χ0n) is 15.9. The molecule has 0 spiro atoms. The monoisotopic (exact) mass is 414 g/mol. The molecule has 29 heavy (non-hydrogen) atoms. The van der Waals surface area contributed by atoms with Crippen LogP contribution in [0.5, 0.6) is 0 Å². The van der Waals surface area contributed by atoms with Gasteiger partial charge in [-0.15, -0.1) is 0 Å². The number of β-amino-alcohol motifs (C(OH)–C–C–N with tert-alkyl or cyclic N) is 1. The molecule has 0 aromatic heterocycles.